The zero-order valence-corrected chi connectivity index (χ0v) is 14.7. The largest absolute Gasteiger partial charge is 0.324 e. The van der Waals surface area contributed by atoms with E-state index in [9.17, 15) is 4.79 Å². The van der Waals surface area contributed by atoms with Crippen molar-refractivity contribution in [1.82, 2.24) is 4.90 Å². The Bertz CT molecular complexity index is 727. The zero-order valence-electron chi connectivity index (χ0n) is 13.9. The molecule has 1 amide bonds. The van der Waals surface area contributed by atoms with Gasteiger partial charge in [-0.25, -0.2) is 0 Å². The highest BCUT2D eigenvalue weighted by molar-refractivity contribution is 7.98. The summed E-state index contributed by atoms with van der Waals surface area (Å²) in [5, 5.41) is 3.03. The van der Waals surface area contributed by atoms with Gasteiger partial charge in [-0.05, 0) is 35.9 Å². The number of hydrogen-bond donors (Lipinski definition) is 1. The highest BCUT2D eigenvalue weighted by atomic mass is 32.2. The number of nitrogens with zero attached hydrogens (tertiary/aromatic N) is 1. The molecule has 1 heterocycles. The third-order valence-electron chi connectivity index (χ3n) is 4.19. The molecule has 0 fully saturated rings. The van der Waals surface area contributed by atoms with Crippen LogP contribution in [0.15, 0.2) is 65.6 Å². The highest BCUT2D eigenvalue weighted by Crippen LogP contribution is 2.25. The SMILES string of the molecule is CSc1ccccc1NC(=O)CN1CC=C(c2ccccc2)CC1. The number of carbonyl (C=O) groups excluding carboxylic acids is 1. The monoisotopic (exact) mass is 338 g/mol. The Morgan fingerprint density at radius 3 is 2.58 bits per heavy atom. The van der Waals surface area contributed by atoms with Gasteiger partial charge in [0.25, 0.3) is 0 Å². The van der Waals surface area contributed by atoms with Gasteiger partial charge in [0.15, 0.2) is 0 Å². The molecule has 2 aromatic rings. The molecule has 3 rings (SSSR count). The van der Waals surface area contributed by atoms with Crippen LogP contribution in [0.5, 0.6) is 0 Å². The van der Waals surface area contributed by atoms with Gasteiger partial charge >= 0.3 is 0 Å². The van der Waals surface area contributed by atoms with E-state index in [4.69, 9.17) is 0 Å². The van der Waals surface area contributed by atoms with Crippen molar-refractivity contribution < 1.29 is 4.79 Å². The number of rotatable bonds is 5. The van der Waals surface area contributed by atoms with E-state index in [0.717, 1.165) is 30.1 Å². The Labute approximate surface area is 147 Å². The molecule has 24 heavy (non-hydrogen) atoms. The normalized spacial score (nSPS) is 15.0. The van der Waals surface area contributed by atoms with Crippen molar-refractivity contribution in [1.29, 1.82) is 0 Å². The third kappa shape index (κ3) is 4.28. The summed E-state index contributed by atoms with van der Waals surface area (Å²) in [4.78, 5) is 15.6. The Morgan fingerprint density at radius 1 is 1.12 bits per heavy atom. The minimum absolute atomic E-state index is 0.0491. The van der Waals surface area contributed by atoms with E-state index in [-0.39, 0.29) is 5.91 Å². The maximum Gasteiger partial charge on any atom is 0.238 e. The topological polar surface area (TPSA) is 32.3 Å². The lowest BCUT2D eigenvalue weighted by Gasteiger charge is -2.26. The van der Waals surface area contributed by atoms with Gasteiger partial charge in [0.1, 0.15) is 0 Å². The molecule has 0 aromatic heterocycles. The van der Waals surface area contributed by atoms with Gasteiger partial charge in [0.05, 0.1) is 12.2 Å². The molecule has 1 aliphatic rings. The van der Waals surface area contributed by atoms with Crippen molar-refractivity contribution in [3.05, 3.63) is 66.2 Å². The molecular weight excluding hydrogens is 316 g/mol. The van der Waals surface area contributed by atoms with Crippen LogP contribution in [0, 0.1) is 0 Å². The smallest absolute Gasteiger partial charge is 0.238 e. The molecule has 0 bridgehead atoms. The van der Waals surface area contributed by atoms with Crippen LogP contribution in [0.1, 0.15) is 12.0 Å². The predicted molar refractivity (Wildman–Crippen MR) is 102 cm³/mol. The van der Waals surface area contributed by atoms with Gasteiger partial charge in [-0.2, -0.15) is 0 Å². The third-order valence-corrected chi connectivity index (χ3v) is 4.98. The average Bonchev–Trinajstić information content (AvgIpc) is 2.63. The van der Waals surface area contributed by atoms with E-state index in [1.165, 1.54) is 11.1 Å². The van der Waals surface area contributed by atoms with Gasteiger partial charge in [-0.15, -0.1) is 11.8 Å². The van der Waals surface area contributed by atoms with Crippen molar-refractivity contribution in [3.8, 4) is 0 Å². The predicted octanol–water partition coefficient (Wildman–Crippen LogP) is 4.14. The molecule has 0 saturated carbocycles. The van der Waals surface area contributed by atoms with Crippen molar-refractivity contribution >= 4 is 28.9 Å². The van der Waals surface area contributed by atoms with Crippen LogP contribution in [0.3, 0.4) is 0 Å². The van der Waals surface area contributed by atoms with Crippen LogP contribution in [0.2, 0.25) is 0 Å². The summed E-state index contributed by atoms with van der Waals surface area (Å²) >= 11 is 1.64. The van der Waals surface area contributed by atoms with Crippen molar-refractivity contribution in [2.75, 3.05) is 31.2 Å². The average molecular weight is 338 g/mol. The second-order valence-electron chi connectivity index (χ2n) is 5.83. The summed E-state index contributed by atoms with van der Waals surface area (Å²) in [5.74, 6) is 0.0491. The quantitative estimate of drug-likeness (QED) is 0.832. The summed E-state index contributed by atoms with van der Waals surface area (Å²) < 4.78 is 0. The van der Waals surface area contributed by atoms with Crippen molar-refractivity contribution in [2.45, 2.75) is 11.3 Å². The van der Waals surface area contributed by atoms with Crippen LogP contribution in [-0.2, 0) is 4.79 Å². The van der Waals surface area contributed by atoms with Gasteiger partial charge in [0.2, 0.25) is 5.91 Å². The Kier molecular flexibility index (Phi) is 5.72. The number of nitrogens with one attached hydrogen (secondary N) is 1. The summed E-state index contributed by atoms with van der Waals surface area (Å²) in [6.45, 7) is 2.17. The molecular formula is C20H22N2OS. The molecule has 2 aromatic carbocycles. The fraction of sp³-hybridized carbons (Fsp3) is 0.250. The molecule has 4 heteroatoms. The Balaban J connectivity index is 1.56. The Morgan fingerprint density at radius 2 is 1.88 bits per heavy atom. The molecule has 1 N–H and O–H groups in total. The molecule has 0 spiro atoms. The van der Waals surface area contributed by atoms with Crippen molar-refractivity contribution in [3.63, 3.8) is 0 Å². The first-order chi connectivity index (χ1) is 11.8. The van der Waals surface area contributed by atoms with E-state index >= 15 is 0 Å². The second-order valence-corrected chi connectivity index (χ2v) is 6.68. The molecule has 124 valence electrons. The Hall–Kier alpha value is -2.04. The molecule has 3 nitrogen and oxygen atoms in total. The molecule has 0 aliphatic carbocycles. The highest BCUT2D eigenvalue weighted by Gasteiger charge is 2.16. The molecule has 0 radical (unpaired) electrons. The minimum Gasteiger partial charge on any atom is -0.324 e. The number of carbonyl (C=O) groups is 1. The fourth-order valence-corrected chi connectivity index (χ4v) is 3.46. The first kappa shape index (κ1) is 16.8. The summed E-state index contributed by atoms with van der Waals surface area (Å²) in [6.07, 6.45) is 5.24. The van der Waals surface area contributed by atoms with Crippen molar-refractivity contribution in [2.24, 2.45) is 0 Å². The lowest BCUT2D eigenvalue weighted by atomic mass is 10.00. The van der Waals surface area contributed by atoms with Crippen LogP contribution in [0.4, 0.5) is 5.69 Å². The lowest BCUT2D eigenvalue weighted by Crippen LogP contribution is -2.36. The number of benzene rings is 2. The van der Waals surface area contributed by atoms with E-state index in [1.54, 1.807) is 11.8 Å². The van der Waals surface area contributed by atoms with Crippen LogP contribution in [0.25, 0.3) is 5.57 Å². The number of anilines is 1. The number of thioether (sulfide) groups is 1. The second kappa shape index (κ2) is 8.18. The number of para-hydroxylation sites is 1. The van der Waals surface area contributed by atoms with Gasteiger partial charge in [-0.1, -0.05) is 48.5 Å². The molecule has 1 aliphatic heterocycles. The molecule has 0 saturated heterocycles. The van der Waals surface area contributed by atoms with Gasteiger partial charge in [0, 0.05) is 18.0 Å². The summed E-state index contributed by atoms with van der Waals surface area (Å²) in [6, 6.07) is 18.4. The fourth-order valence-electron chi connectivity index (χ4n) is 2.91. The number of hydrogen-bond acceptors (Lipinski definition) is 3. The number of amides is 1. The molecule has 0 unspecified atom stereocenters. The first-order valence-electron chi connectivity index (χ1n) is 8.16. The summed E-state index contributed by atoms with van der Waals surface area (Å²) in [5.41, 5.74) is 3.56. The van der Waals surface area contributed by atoms with Gasteiger partial charge < -0.3 is 5.32 Å². The first-order valence-corrected chi connectivity index (χ1v) is 9.38. The lowest BCUT2D eigenvalue weighted by molar-refractivity contribution is -0.117. The van der Waals surface area contributed by atoms with E-state index in [2.05, 4.69) is 40.6 Å². The van der Waals surface area contributed by atoms with Crippen LogP contribution >= 0.6 is 11.8 Å². The maximum absolute atomic E-state index is 12.3. The molecule has 0 atom stereocenters. The summed E-state index contributed by atoms with van der Waals surface area (Å²) in [7, 11) is 0. The van der Waals surface area contributed by atoms with E-state index in [0.29, 0.717) is 6.54 Å². The van der Waals surface area contributed by atoms with E-state index in [1.807, 2.05) is 36.6 Å². The zero-order chi connectivity index (χ0) is 16.8. The minimum atomic E-state index is 0.0491. The van der Waals surface area contributed by atoms with Gasteiger partial charge in [-0.3, -0.25) is 9.69 Å². The van der Waals surface area contributed by atoms with Crippen LogP contribution < -0.4 is 5.32 Å². The standard InChI is InChI=1S/C20H22N2OS/c1-24-19-10-6-5-9-18(19)21-20(23)15-22-13-11-17(12-14-22)16-7-3-2-4-8-16/h2-11H,12-15H2,1H3,(H,21,23). The van der Waals surface area contributed by atoms with Crippen LogP contribution in [-0.4, -0.2) is 36.7 Å². The maximum atomic E-state index is 12.3. The van der Waals surface area contributed by atoms with E-state index < -0.39 is 0 Å².